The first kappa shape index (κ1) is 13.7. The van der Waals surface area contributed by atoms with E-state index in [1.807, 2.05) is 6.07 Å². The van der Waals surface area contributed by atoms with E-state index >= 15 is 0 Å². The zero-order valence-electron chi connectivity index (χ0n) is 12.8. The van der Waals surface area contributed by atoms with Gasteiger partial charge in [-0.1, -0.05) is 42.5 Å². The highest BCUT2D eigenvalue weighted by atomic mass is 16.3. The van der Waals surface area contributed by atoms with Crippen LogP contribution in [0, 0.1) is 20.8 Å². The average Bonchev–Trinajstić information content (AvgIpc) is 2.99. The molecule has 0 aliphatic heterocycles. The Morgan fingerprint density at radius 2 is 1.67 bits per heavy atom. The minimum Gasteiger partial charge on any atom is -0.464 e. The predicted molar refractivity (Wildman–Crippen MR) is 89.6 cm³/mol. The summed E-state index contributed by atoms with van der Waals surface area (Å²) in [6.07, 6.45) is 7.17. The maximum atomic E-state index is 5.62. The van der Waals surface area contributed by atoms with Crippen molar-refractivity contribution < 1.29 is 4.42 Å². The lowest BCUT2D eigenvalue weighted by Crippen LogP contribution is -1.96. The topological polar surface area (TPSA) is 13.1 Å². The van der Waals surface area contributed by atoms with Crippen LogP contribution in [0.3, 0.4) is 0 Å². The Labute approximate surface area is 125 Å². The van der Waals surface area contributed by atoms with Gasteiger partial charge in [0.2, 0.25) is 0 Å². The van der Waals surface area contributed by atoms with Gasteiger partial charge >= 0.3 is 0 Å². The summed E-state index contributed by atoms with van der Waals surface area (Å²) < 4.78 is 5.62. The lowest BCUT2D eigenvalue weighted by Gasteiger charge is -2.12. The first-order valence-corrected chi connectivity index (χ1v) is 7.36. The van der Waals surface area contributed by atoms with Crippen LogP contribution in [0.25, 0.3) is 17.0 Å². The van der Waals surface area contributed by atoms with Crippen LogP contribution in [0.15, 0.2) is 53.2 Å². The molecule has 1 aromatic heterocycles. The van der Waals surface area contributed by atoms with Crippen LogP contribution >= 0.6 is 0 Å². The van der Waals surface area contributed by atoms with E-state index in [1.54, 1.807) is 6.26 Å². The molecule has 1 heterocycles. The standard InChI is InChI=1S/C20H20O/c1-14-15(2)20-19(12-13-21-20)16(3)18(14)11-7-10-17-8-5-4-6-9-17/h4-10,12-13H,11H2,1-3H3. The van der Waals surface area contributed by atoms with Gasteiger partial charge in [0.25, 0.3) is 0 Å². The molecule has 0 atom stereocenters. The number of hydrogen-bond donors (Lipinski definition) is 0. The van der Waals surface area contributed by atoms with Crippen molar-refractivity contribution in [3.05, 3.63) is 76.6 Å². The van der Waals surface area contributed by atoms with E-state index < -0.39 is 0 Å². The second kappa shape index (κ2) is 5.61. The highest BCUT2D eigenvalue weighted by molar-refractivity contribution is 5.86. The summed E-state index contributed by atoms with van der Waals surface area (Å²) >= 11 is 0. The van der Waals surface area contributed by atoms with Crippen molar-refractivity contribution in [2.75, 3.05) is 0 Å². The minimum atomic E-state index is 0.953. The first-order valence-electron chi connectivity index (χ1n) is 7.36. The highest BCUT2D eigenvalue weighted by Crippen LogP contribution is 2.30. The molecule has 0 spiro atoms. The lowest BCUT2D eigenvalue weighted by molar-refractivity contribution is 0.612. The molecule has 0 N–H and O–H groups in total. The van der Waals surface area contributed by atoms with Gasteiger partial charge in [-0.2, -0.15) is 0 Å². The molecule has 1 nitrogen and oxygen atoms in total. The molecule has 0 saturated heterocycles. The quantitative estimate of drug-likeness (QED) is 0.605. The van der Waals surface area contributed by atoms with Crippen LogP contribution in [0.2, 0.25) is 0 Å². The molecule has 3 aromatic rings. The zero-order valence-corrected chi connectivity index (χ0v) is 12.8. The van der Waals surface area contributed by atoms with Crippen molar-refractivity contribution in [1.82, 2.24) is 0 Å². The van der Waals surface area contributed by atoms with E-state index in [4.69, 9.17) is 4.42 Å². The number of rotatable bonds is 3. The molecule has 0 radical (unpaired) electrons. The lowest BCUT2D eigenvalue weighted by atomic mass is 9.93. The van der Waals surface area contributed by atoms with Crippen LogP contribution in [-0.2, 0) is 6.42 Å². The normalized spacial score (nSPS) is 11.6. The van der Waals surface area contributed by atoms with Gasteiger partial charge in [-0.3, -0.25) is 0 Å². The van der Waals surface area contributed by atoms with Crippen LogP contribution in [0.4, 0.5) is 0 Å². The van der Waals surface area contributed by atoms with E-state index in [9.17, 15) is 0 Å². The molecule has 1 heteroatoms. The molecule has 0 amide bonds. The largest absolute Gasteiger partial charge is 0.464 e. The van der Waals surface area contributed by atoms with Crippen molar-refractivity contribution in [3.63, 3.8) is 0 Å². The average molecular weight is 276 g/mol. The highest BCUT2D eigenvalue weighted by Gasteiger charge is 2.12. The van der Waals surface area contributed by atoms with Crippen molar-refractivity contribution in [2.45, 2.75) is 27.2 Å². The van der Waals surface area contributed by atoms with Crippen molar-refractivity contribution in [2.24, 2.45) is 0 Å². The van der Waals surface area contributed by atoms with Crippen LogP contribution in [-0.4, -0.2) is 0 Å². The Hall–Kier alpha value is -2.28. The SMILES string of the molecule is Cc1c(CC=Cc2ccccc2)c(C)c2ccoc2c1C. The molecular formula is C20H20O. The molecule has 0 aliphatic carbocycles. The summed E-state index contributed by atoms with van der Waals surface area (Å²) in [7, 11) is 0. The van der Waals surface area contributed by atoms with Gasteiger partial charge < -0.3 is 4.42 Å². The number of hydrogen-bond acceptors (Lipinski definition) is 1. The van der Waals surface area contributed by atoms with E-state index in [2.05, 4.69) is 63.3 Å². The second-order valence-corrected chi connectivity index (χ2v) is 5.53. The Morgan fingerprint density at radius 1 is 0.905 bits per heavy atom. The summed E-state index contributed by atoms with van der Waals surface area (Å²) in [5.41, 5.74) is 7.61. The molecular weight excluding hydrogens is 256 g/mol. The number of fused-ring (bicyclic) bond motifs is 1. The van der Waals surface area contributed by atoms with Crippen LogP contribution in [0.1, 0.15) is 27.8 Å². The fourth-order valence-electron chi connectivity index (χ4n) is 2.92. The molecule has 0 fully saturated rings. The van der Waals surface area contributed by atoms with Crippen molar-refractivity contribution in [1.29, 1.82) is 0 Å². The summed E-state index contributed by atoms with van der Waals surface area (Å²) in [4.78, 5) is 0. The third kappa shape index (κ3) is 2.52. The Kier molecular flexibility index (Phi) is 3.66. The zero-order chi connectivity index (χ0) is 14.8. The van der Waals surface area contributed by atoms with Gasteiger partial charge in [-0.15, -0.1) is 0 Å². The van der Waals surface area contributed by atoms with E-state index in [0.717, 1.165) is 12.0 Å². The smallest absolute Gasteiger partial charge is 0.137 e. The summed E-state index contributed by atoms with van der Waals surface area (Å²) in [5.74, 6) is 0. The van der Waals surface area contributed by atoms with Crippen LogP contribution in [0.5, 0.6) is 0 Å². The molecule has 106 valence electrons. The Balaban J connectivity index is 1.95. The number of allylic oxidation sites excluding steroid dienone is 1. The third-order valence-corrected chi connectivity index (χ3v) is 4.31. The summed E-state index contributed by atoms with van der Waals surface area (Å²) in [6.45, 7) is 6.52. The minimum absolute atomic E-state index is 0.953. The van der Waals surface area contributed by atoms with E-state index in [0.29, 0.717) is 0 Å². The maximum Gasteiger partial charge on any atom is 0.137 e. The summed E-state index contributed by atoms with van der Waals surface area (Å²) in [5, 5.41) is 1.24. The van der Waals surface area contributed by atoms with Gasteiger partial charge in [0.15, 0.2) is 0 Å². The van der Waals surface area contributed by atoms with Crippen molar-refractivity contribution in [3.8, 4) is 0 Å². The van der Waals surface area contributed by atoms with Gasteiger partial charge in [-0.25, -0.2) is 0 Å². The van der Waals surface area contributed by atoms with Gasteiger partial charge in [0.05, 0.1) is 6.26 Å². The van der Waals surface area contributed by atoms with Gasteiger partial charge in [-0.05, 0) is 61.1 Å². The fourth-order valence-corrected chi connectivity index (χ4v) is 2.92. The molecule has 3 rings (SSSR count). The maximum absolute atomic E-state index is 5.62. The first-order chi connectivity index (χ1) is 10.2. The van der Waals surface area contributed by atoms with E-state index in [1.165, 1.54) is 33.2 Å². The van der Waals surface area contributed by atoms with Gasteiger partial charge in [0.1, 0.15) is 5.58 Å². The van der Waals surface area contributed by atoms with Crippen LogP contribution < -0.4 is 0 Å². The molecule has 0 unspecified atom stereocenters. The predicted octanol–water partition coefficient (Wildman–Crippen LogP) is 5.61. The number of aryl methyl sites for hydroxylation is 2. The molecule has 0 bridgehead atoms. The Bertz CT molecular complexity index is 792. The molecule has 21 heavy (non-hydrogen) atoms. The number of benzene rings is 2. The monoisotopic (exact) mass is 276 g/mol. The Morgan fingerprint density at radius 3 is 2.43 bits per heavy atom. The van der Waals surface area contributed by atoms with E-state index in [-0.39, 0.29) is 0 Å². The molecule has 2 aromatic carbocycles. The van der Waals surface area contributed by atoms with Gasteiger partial charge in [0, 0.05) is 5.39 Å². The fraction of sp³-hybridized carbons (Fsp3) is 0.200. The molecule has 0 saturated carbocycles. The molecule has 0 aliphatic rings. The number of furan rings is 1. The summed E-state index contributed by atoms with van der Waals surface area (Å²) in [6, 6.07) is 12.5. The second-order valence-electron chi connectivity index (χ2n) is 5.53. The third-order valence-electron chi connectivity index (χ3n) is 4.31. The van der Waals surface area contributed by atoms with Crippen molar-refractivity contribution >= 4 is 17.0 Å².